The quantitative estimate of drug-likeness (QED) is 0.705. The van der Waals surface area contributed by atoms with Gasteiger partial charge in [0.05, 0.1) is 24.2 Å². The lowest BCUT2D eigenvalue weighted by Gasteiger charge is -2.32. The molecule has 3 aromatic rings. The Morgan fingerprint density at radius 1 is 1.17 bits per heavy atom. The highest BCUT2D eigenvalue weighted by Gasteiger charge is 2.28. The van der Waals surface area contributed by atoms with Gasteiger partial charge in [0.2, 0.25) is 11.8 Å². The third kappa shape index (κ3) is 4.71. The molecular weight excluding hydrogens is 385 g/mol. The van der Waals surface area contributed by atoms with E-state index in [0.29, 0.717) is 24.6 Å². The van der Waals surface area contributed by atoms with Gasteiger partial charge in [-0.05, 0) is 42.7 Å². The predicted molar refractivity (Wildman–Crippen MR) is 109 cm³/mol. The lowest BCUT2D eigenvalue weighted by atomic mass is 9.96. The molecule has 2 amide bonds. The van der Waals surface area contributed by atoms with Crippen molar-refractivity contribution in [2.24, 2.45) is 5.92 Å². The van der Waals surface area contributed by atoms with Gasteiger partial charge >= 0.3 is 0 Å². The Morgan fingerprint density at radius 3 is 2.70 bits per heavy atom. The summed E-state index contributed by atoms with van der Waals surface area (Å²) in [4.78, 5) is 35.4. The van der Waals surface area contributed by atoms with Gasteiger partial charge in [0.15, 0.2) is 0 Å². The van der Waals surface area contributed by atoms with Crippen molar-refractivity contribution in [3.63, 3.8) is 0 Å². The third-order valence-corrected chi connectivity index (χ3v) is 5.20. The molecule has 0 bridgehead atoms. The monoisotopic (exact) mass is 407 g/mol. The molecule has 1 aliphatic rings. The molecule has 1 N–H and O–H groups in total. The molecule has 0 saturated carbocycles. The van der Waals surface area contributed by atoms with Crippen LogP contribution in [-0.2, 0) is 16.0 Å². The summed E-state index contributed by atoms with van der Waals surface area (Å²) < 4.78 is 14.8. The van der Waals surface area contributed by atoms with Gasteiger partial charge in [0.25, 0.3) is 0 Å². The van der Waals surface area contributed by atoms with Crippen LogP contribution in [0, 0.1) is 11.7 Å². The van der Waals surface area contributed by atoms with E-state index in [1.165, 1.54) is 12.1 Å². The highest BCUT2D eigenvalue weighted by atomic mass is 19.1. The molecule has 8 heteroatoms. The van der Waals surface area contributed by atoms with Gasteiger partial charge < -0.3 is 10.2 Å². The smallest absolute Gasteiger partial charge is 0.229 e. The molecular formula is C22H22FN5O2. The molecule has 154 valence electrons. The standard InChI is InChI=1S/C22H22FN5O2/c23-18-5-3-16(4-6-18)12-21(29)27-10-1-2-17(14-27)22(30)26-19-7-8-20(25-13-19)28-11-9-24-15-28/h3-9,11,13,15,17H,1-2,10,12,14H2,(H,26,30). The number of piperidine rings is 1. The minimum absolute atomic E-state index is 0.0505. The topological polar surface area (TPSA) is 80.1 Å². The molecule has 1 unspecified atom stereocenters. The largest absolute Gasteiger partial charge is 0.342 e. The number of rotatable bonds is 5. The van der Waals surface area contributed by atoms with Crippen LogP contribution < -0.4 is 5.32 Å². The molecule has 1 fully saturated rings. The average Bonchev–Trinajstić information content (AvgIpc) is 3.31. The maximum absolute atomic E-state index is 13.0. The number of hydrogen-bond acceptors (Lipinski definition) is 4. The molecule has 4 rings (SSSR count). The second kappa shape index (κ2) is 8.86. The molecule has 1 saturated heterocycles. The molecule has 2 aromatic heterocycles. The van der Waals surface area contributed by atoms with Gasteiger partial charge in [0.1, 0.15) is 18.0 Å². The van der Waals surface area contributed by atoms with E-state index < -0.39 is 0 Å². The highest BCUT2D eigenvalue weighted by molar-refractivity contribution is 5.93. The van der Waals surface area contributed by atoms with Crippen LogP contribution >= 0.6 is 0 Å². The Balaban J connectivity index is 1.34. The van der Waals surface area contributed by atoms with Crippen LogP contribution in [0.4, 0.5) is 10.1 Å². The Hall–Kier alpha value is -3.55. The lowest BCUT2D eigenvalue weighted by molar-refractivity contribution is -0.133. The van der Waals surface area contributed by atoms with E-state index in [-0.39, 0.29) is 30.0 Å². The first kappa shape index (κ1) is 19.8. The first-order valence-corrected chi connectivity index (χ1v) is 9.86. The second-order valence-electron chi connectivity index (χ2n) is 7.35. The van der Waals surface area contributed by atoms with Gasteiger partial charge in [-0.25, -0.2) is 14.4 Å². The molecule has 0 spiro atoms. The number of hydrogen-bond donors (Lipinski definition) is 1. The van der Waals surface area contributed by atoms with Crippen LogP contribution in [0.3, 0.4) is 0 Å². The Bertz CT molecular complexity index is 1000. The normalized spacial score (nSPS) is 16.3. The van der Waals surface area contributed by atoms with Crippen LogP contribution in [0.2, 0.25) is 0 Å². The van der Waals surface area contributed by atoms with E-state index in [4.69, 9.17) is 0 Å². The van der Waals surface area contributed by atoms with E-state index in [2.05, 4.69) is 15.3 Å². The number of benzene rings is 1. The second-order valence-corrected chi connectivity index (χ2v) is 7.35. The molecule has 1 aliphatic heterocycles. The molecule has 0 radical (unpaired) electrons. The van der Waals surface area contributed by atoms with Crippen LogP contribution in [0.25, 0.3) is 5.82 Å². The van der Waals surface area contributed by atoms with E-state index in [0.717, 1.165) is 18.4 Å². The van der Waals surface area contributed by atoms with Crippen LogP contribution in [0.5, 0.6) is 0 Å². The van der Waals surface area contributed by atoms with Crippen LogP contribution in [0.15, 0.2) is 61.3 Å². The fourth-order valence-electron chi connectivity index (χ4n) is 3.56. The minimum Gasteiger partial charge on any atom is -0.342 e. The van der Waals surface area contributed by atoms with Gasteiger partial charge in [-0.1, -0.05) is 12.1 Å². The number of amides is 2. The number of anilines is 1. The van der Waals surface area contributed by atoms with Crippen molar-refractivity contribution in [3.05, 3.63) is 72.7 Å². The van der Waals surface area contributed by atoms with Gasteiger partial charge in [-0.15, -0.1) is 0 Å². The number of likely N-dealkylation sites (tertiary alicyclic amines) is 1. The fourth-order valence-corrected chi connectivity index (χ4v) is 3.56. The van der Waals surface area contributed by atoms with Crippen molar-refractivity contribution in [1.29, 1.82) is 0 Å². The van der Waals surface area contributed by atoms with E-state index in [1.54, 1.807) is 58.7 Å². The SMILES string of the molecule is O=C(Nc1ccc(-n2ccnc2)nc1)C1CCCN(C(=O)Cc2ccc(F)cc2)C1. The zero-order valence-electron chi connectivity index (χ0n) is 16.4. The summed E-state index contributed by atoms with van der Waals surface area (Å²) in [5.41, 5.74) is 1.37. The summed E-state index contributed by atoms with van der Waals surface area (Å²) in [7, 11) is 0. The maximum Gasteiger partial charge on any atom is 0.229 e. The summed E-state index contributed by atoms with van der Waals surface area (Å²) in [6, 6.07) is 9.52. The van der Waals surface area contributed by atoms with Gasteiger partial charge in [-0.2, -0.15) is 0 Å². The Labute approximate surface area is 173 Å². The zero-order chi connectivity index (χ0) is 20.9. The number of carbonyl (C=O) groups excluding carboxylic acids is 2. The molecule has 30 heavy (non-hydrogen) atoms. The molecule has 7 nitrogen and oxygen atoms in total. The molecule has 0 aliphatic carbocycles. The van der Waals surface area contributed by atoms with E-state index in [1.807, 2.05) is 0 Å². The molecule has 3 heterocycles. The van der Waals surface area contributed by atoms with Crippen LogP contribution in [-0.4, -0.2) is 44.3 Å². The Morgan fingerprint density at radius 2 is 2.00 bits per heavy atom. The van der Waals surface area contributed by atoms with Crippen molar-refractivity contribution >= 4 is 17.5 Å². The third-order valence-electron chi connectivity index (χ3n) is 5.20. The summed E-state index contributed by atoms with van der Waals surface area (Å²) in [6.07, 6.45) is 8.42. The van der Waals surface area contributed by atoms with Gasteiger partial charge in [-0.3, -0.25) is 14.2 Å². The summed E-state index contributed by atoms with van der Waals surface area (Å²) in [6.45, 7) is 1.01. The van der Waals surface area contributed by atoms with Gasteiger partial charge in [0, 0.05) is 25.5 Å². The van der Waals surface area contributed by atoms with E-state index in [9.17, 15) is 14.0 Å². The lowest BCUT2D eigenvalue weighted by Crippen LogP contribution is -2.44. The number of aromatic nitrogens is 3. The number of nitrogens with zero attached hydrogens (tertiary/aromatic N) is 4. The van der Waals surface area contributed by atoms with Crippen molar-refractivity contribution < 1.29 is 14.0 Å². The summed E-state index contributed by atoms with van der Waals surface area (Å²) >= 11 is 0. The first-order valence-electron chi connectivity index (χ1n) is 9.86. The summed E-state index contributed by atoms with van der Waals surface area (Å²) in [5, 5.41) is 2.89. The van der Waals surface area contributed by atoms with Crippen molar-refractivity contribution in [1.82, 2.24) is 19.4 Å². The fraction of sp³-hybridized carbons (Fsp3) is 0.273. The highest BCUT2D eigenvalue weighted by Crippen LogP contribution is 2.20. The molecule has 1 aromatic carbocycles. The minimum atomic E-state index is -0.326. The average molecular weight is 407 g/mol. The number of imidazole rings is 1. The first-order chi connectivity index (χ1) is 14.6. The number of carbonyl (C=O) groups is 2. The number of nitrogens with one attached hydrogen (secondary N) is 1. The van der Waals surface area contributed by atoms with Crippen molar-refractivity contribution in [3.8, 4) is 5.82 Å². The van der Waals surface area contributed by atoms with Crippen molar-refractivity contribution in [2.75, 3.05) is 18.4 Å². The maximum atomic E-state index is 13.0. The summed E-state index contributed by atoms with van der Waals surface area (Å²) in [5.74, 6) is -0.0599. The number of pyridine rings is 1. The zero-order valence-corrected chi connectivity index (χ0v) is 16.4. The molecule has 1 atom stereocenters. The number of halogens is 1. The Kier molecular flexibility index (Phi) is 5.83. The van der Waals surface area contributed by atoms with Crippen molar-refractivity contribution in [2.45, 2.75) is 19.3 Å². The van der Waals surface area contributed by atoms with E-state index >= 15 is 0 Å². The predicted octanol–water partition coefficient (Wildman–Crippen LogP) is 2.83. The van der Waals surface area contributed by atoms with Crippen LogP contribution in [0.1, 0.15) is 18.4 Å².